The summed E-state index contributed by atoms with van der Waals surface area (Å²) in [6.07, 6.45) is 6.44. The van der Waals surface area contributed by atoms with Gasteiger partial charge in [0.1, 0.15) is 5.82 Å². The summed E-state index contributed by atoms with van der Waals surface area (Å²) < 4.78 is 1.93. The largest absolute Gasteiger partial charge is 0.385 e. The molecular formula is C25H27N3O2. The van der Waals surface area contributed by atoms with Crippen LogP contribution in [0.3, 0.4) is 0 Å². The SMILES string of the molecule is Cn1ccnc1-c1ccccc1C(=O)N1C[C@H]2CCC[C@](O)(c3ccccc3)[C@H]2C1. The molecule has 3 aromatic rings. The number of aliphatic hydroxyl groups is 1. The molecule has 2 fully saturated rings. The molecule has 1 aliphatic heterocycles. The number of imidazole rings is 1. The van der Waals surface area contributed by atoms with Crippen molar-refractivity contribution in [3.8, 4) is 11.4 Å². The smallest absolute Gasteiger partial charge is 0.254 e. The first-order chi connectivity index (χ1) is 14.6. The van der Waals surface area contributed by atoms with E-state index in [4.69, 9.17) is 0 Å². The molecule has 5 rings (SSSR count). The summed E-state index contributed by atoms with van der Waals surface area (Å²) in [5, 5.41) is 11.7. The summed E-state index contributed by atoms with van der Waals surface area (Å²) in [5.74, 6) is 1.21. The van der Waals surface area contributed by atoms with E-state index >= 15 is 0 Å². The monoisotopic (exact) mass is 401 g/mol. The van der Waals surface area contributed by atoms with Crippen molar-refractivity contribution in [3.63, 3.8) is 0 Å². The van der Waals surface area contributed by atoms with Gasteiger partial charge in [0, 0.05) is 44.0 Å². The summed E-state index contributed by atoms with van der Waals surface area (Å²) in [5.41, 5.74) is 1.64. The van der Waals surface area contributed by atoms with Crippen molar-refractivity contribution >= 4 is 5.91 Å². The number of likely N-dealkylation sites (tertiary alicyclic amines) is 1. The molecule has 1 amide bonds. The number of aromatic nitrogens is 2. The average molecular weight is 402 g/mol. The minimum atomic E-state index is -0.863. The van der Waals surface area contributed by atoms with E-state index in [0.29, 0.717) is 24.6 Å². The zero-order valence-electron chi connectivity index (χ0n) is 17.2. The molecule has 0 bridgehead atoms. The molecular weight excluding hydrogens is 374 g/mol. The summed E-state index contributed by atoms with van der Waals surface area (Å²) in [6.45, 7) is 1.29. The first-order valence-corrected chi connectivity index (χ1v) is 10.7. The van der Waals surface area contributed by atoms with Gasteiger partial charge >= 0.3 is 0 Å². The van der Waals surface area contributed by atoms with Crippen molar-refractivity contribution in [2.45, 2.75) is 24.9 Å². The minimum absolute atomic E-state index is 0.0263. The predicted octanol–water partition coefficient (Wildman–Crippen LogP) is 3.85. The first kappa shape index (κ1) is 19.1. The molecule has 2 heterocycles. The molecule has 2 aromatic carbocycles. The highest BCUT2D eigenvalue weighted by atomic mass is 16.3. The molecule has 30 heavy (non-hydrogen) atoms. The van der Waals surface area contributed by atoms with Crippen molar-refractivity contribution in [2.75, 3.05) is 13.1 Å². The second kappa shape index (κ2) is 7.40. The van der Waals surface area contributed by atoms with E-state index in [2.05, 4.69) is 4.98 Å². The first-order valence-electron chi connectivity index (χ1n) is 10.7. The molecule has 1 saturated heterocycles. The van der Waals surface area contributed by atoms with Gasteiger partial charge in [0.2, 0.25) is 0 Å². The maximum Gasteiger partial charge on any atom is 0.254 e. The van der Waals surface area contributed by atoms with Crippen LogP contribution in [0.25, 0.3) is 11.4 Å². The van der Waals surface area contributed by atoms with Gasteiger partial charge in [-0.3, -0.25) is 4.79 Å². The average Bonchev–Trinajstić information content (AvgIpc) is 3.41. The van der Waals surface area contributed by atoms with Crippen molar-refractivity contribution in [1.82, 2.24) is 14.5 Å². The molecule has 1 N–H and O–H groups in total. The number of amides is 1. The van der Waals surface area contributed by atoms with Crippen LogP contribution in [-0.2, 0) is 12.6 Å². The Balaban J connectivity index is 1.45. The molecule has 5 nitrogen and oxygen atoms in total. The fourth-order valence-electron chi connectivity index (χ4n) is 5.44. The van der Waals surface area contributed by atoms with Gasteiger partial charge in [-0.1, -0.05) is 48.5 Å². The Morgan fingerprint density at radius 3 is 2.63 bits per heavy atom. The zero-order chi connectivity index (χ0) is 20.7. The van der Waals surface area contributed by atoms with Crippen molar-refractivity contribution < 1.29 is 9.90 Å². The molecule has 1 aromatic heterocycles. The van der Waals surface area contributed by atoms with Gasteiger partial charge in [0.15, 0.2) is 0 Å². The van der Waals surface area contributed by atoms with Crippen LogP contribution < -0.4 is 0 Å². The predicted molar refractivity (Wildman–Crippen MR) is 116 cm³/mol. The van der Waals surface area contributed by atoms with Gasteiger partial charge in [0.05, 0.1) is 11.2 Å². The number of benzene rings is 2. The molecule has 0 radical (unpaired) electrons. The van der Waals surface area contributed by atoms with E-state index in [9.17, 15) is 9.90 Å². The highest BCUT2D eigenvalue weighted by molar-refractivity contribution is 6.00. The van der Waals surface area contributed by atoms with Gasteiger partial charge in [0.25, 0.3) is 5.91 Å². The Morgan fingerprint density at radius 1 is 1.10 bits per heavy atom. The second-order valence-corrected chi connectivity index (χ2v) is 8.67. The second-order valence-electron chi connectivity index (χ2n) is 8.67. The van der Waals surface area contributed by atoms with Gasteiger partial charge in [-0.25, -0.2) is 4.98 Å². The van der Waals surface area contributed by atoms with Gasteiger partial charge < -0.3 is 14.6 Å². The van der Waals surface area contributed by atoms with Crippen molar-refractivity contribution in [3.05, 3.63) is 78.1 Å². The molecule has 154 valence electrons. The Morgan fingerprint density at radius 2 is 1.87 bits per heavy atom. The number of hydrogen-bond acceptors (Lipinski definition) is 3. The number of fused-ring (bicyclic) bond motifs is 1. The number of carbonyl (C=O) groups is 1. The molecule has 0 spiro atoms. The molecule has 5 heteroatoms. The van der Waals surface area contributed by atoms with E-state index in [1.54, 1.807) is 6.20 Å². The lowest BCUT2D eigenvalue weighted by molar-refractivity contribution is -0.0644. The number of carbonyl (C=O) groups excluding carboxylic acids is 1. The van der Waals surface area contributed by atoms with Crippen LogP contribution in [0.1, 0.15) is 35.2 Å². The Hall–Kier alpha value is -2.92. The molecule has 1 aliphatic carbocycles. The van der Waals surface area contributed by atoms with Gasteiger partial charge in [-0.05, 0) is 36.8 Å². The summed E-state index contributed by atoms with van der Waals surface area (Å²) >= 11 is 0. The van der Waals surface area contributed by atoms with E-state index in [1.165, 1.54) is 0 Å². The zero-order valence-corrected chi connectivity index (χ0v) is 17.2. The highest BCUT2D eigenvalue weighted by Crippen LogP contribution is 2.48. The fraction of sp³-hybridized carbons (Fsp3) is 0.360. The van der Waals surface area contributed by atoms with Crippen LogP contribution in [0.5, 0.6) is 0 Å². The third kappa shape index (κ3) is 3.05. The third-order valence-corrected chi connectivity index (χ3v) is 6.97. The maximum atomic E-state index is 13.6. The summed E-state index contributed by atoms with van der Waals surface area (Å²) in [4.78, 5) is 20.0. The van der Waals surface area contributed by atoms with Crippen molar-refractivity contribution in [2.24, 2.45) is 18.9 Å². The normalized spacial score (nSPS) is 25.9. The van der Waals surface area contributed by atoms with Gasteiger partial charge in [-0.2, -0.15) is 0 Å². The molecule has 2 aliphatic rings. The fourth-order valence-corrected chi connectivity index (χ4v) is 5.44. The number of nitrogens with zero attached hydrogens (tertiary/aromatic N) is 3. The lowest BCUT2D eigenvalue weighted by Crippen LogP contribution is -2.42. The van der Waals surface area contributed by atoms with Gasteiger partial charge in [-0.15, -0.1) is 0 Å². The topological polar surface area (TPSA) is 58.4 Å². The van der Waals surface area contributed by atoms with E-state index in [-0.39, 0.29) is 11.8 Å². The van der Waals surface area contributed by atoms with Crippen LogP contribution in [0.15, 0.2) is 67.0 Å². The Bertz CT molecular complexity index is 1060. The molecule has 0 unspecified atom stereocenters. The van der Waals surface area contributed by atoms with E-state index < -0.39 is 5.60 Å². The van der Waals surface area contributed by atoms with Crippen LogP contribution in [-0.4, -0.2) is 38.6 Å². The summed E-state index contributed by atoms with van der Waals surface area (Å²) in [7, 11) is 1.94. The third-order valence-electron chi connectivity index (χ3n) is 6.97. The quantitative estimate of drug-likeness (QED) is 0.725. The van der Waals surface area contributed by atoms with Crippen LogP contribution in [0.2, 0.25) is 0 Å². The van der Waals surface area contributed by atoms with Crippen molar-refractivity contribution in [1.29, 1.82) is 0 Å². The maximum absolute atomic E-state index is 13.6. The standard InChI is InChI=1S/C25H27N3O2/c1-27-15-14-26-23(27)20-11-5-6-12-21(20)24(29)28-16-18-8-7-13-25(30,22(18)17-28)19-9-3-2-4-10-19/h2-6,9-12,14-15,18,22,30H,7-8,13,16-17H2,1H3/t18-,22+,25+/m1/s1. The Kier molecular flexibility index (Phi) is 4.70. The number of hydrogen-bond donors (Lipinski definition) is 1. The van der Waals surface area contributed by atoms with Crippen LogP contribution in [0, 0.1) is 11.8 Å². The highest BCUT2D eigenvalue weighted by Gasteiger charge is 2.50. The Labute approximate surface area is 177 Å². The lowest BCUT2D eigenvalue weighted by Gasteiger charge is -2.41. The van der Waals surface area contributed by atoms with E-state index in [1.807, 2.05) is 77.3 Å². The van der Waals surface area contributed by atoms with Crippen LogP contribution in [0.4, 0.5) is 0 Å². The van der Waals surface area contributed by atoms with Crippen LogP contribution >= 0.6 is 0 Å². The minimum Gasteiger partial charge on any atom is -0.385 e. The number of rotatable bonds is 3. The molecule has 1 saturated carbocycles. The van der Waals surface area contributed by atoms with E-state index in [0.717, 1.165) is 36.2 Å². The lowest BCUT2D eigenvalue weighted by atomic mass is 9.67. The molecule has 3 atom stereocenters. The summed E-state index contributed by atoms with van der Waals surface area (Å²) in [6, 6.07) is 17.7. The number of aryl methyl sites for hydroxylation is 1.